The van der Waals surface area contributed by atoms with Crippen LogP contribution in [0.3, 0.4) is 0 Å². The summed E-state index contributed by atoms with van der Waals surface area (Å²) in [5, 5.41) is 14.7. The Balaban J connectivity index is 2.16. The van der Waals surface area contributed by atoms with Crippen molar-refractivity contribution in [2.75, 3.05) is 11.6 Å². The number of anilines is 1. The molecule has 1 aliphatic rings. The average Bonchev–Trinajstić information content (AvgIpc) is 3.04. The Morgan fingerprint density at radius 1 is 1.41 bits per heavy atom. The highest BCUT2D eigenvalue weighted by Crippen LogP contribution is 2.28. The molecule has 5 nitrogen and oxygen atoms in total. The summed E-state index contributed by atoms with van der Waals surface area (Å²) in [4.78, 5) is 16.6. The largest absolute Gasteiger partial charge is 0.326 e. The summed E-state index contributed by atoms with van der Waals surface area (Å²) in [6, 6.07) is 5.64. The SMILES string of the molecule is CSC(=Nc1ccc(C)c(NC(=O)C2CCCC2)c1)NC#N. The molecule has 1 aromatic rings. The Labute approximate surface area is 135 Å². The molecule has 1 saturated carbocycles. The van der Waals surface area contributed by atoms with E-state index in [4.69, 9.17) is 5.26 Å². The van der Waals surface area contributed by atoms with Crippen LogP contribution in [-0.4, -0.2) is 17.3 Å². The summed E-state index contributed by atoms with van der Waals surface area (Å²) in [5.41, 5.74) is 2.50. The monoisotopic (exact) mass is 316 g/mol. The van der Waals surface area contributed by atoms with Crippen molar-refractivity contribution in [1.82, 2.24) is 5.32 Å². The Kier molecular flexibility index (Phi) is 5.84. The van der Waals surface area contributed by atoms with Crippen molar-refractivity contribution < 1.29 is 4.79 Å². The molecule has 0 aromatic heterocycles. The number of nitrogens with one attached hydrogen (secondary N) is 2. The van der Waals surface area contributed by atoms with Crippen LogP contribution in [0.15, 0.2) is 23.2 Å². The van der Waals surface area contributed by atoms with Gasteiger partial charge in [-0.1, -0.05) is 30.7 Å². The van der Waals surface area contributed by atoms with Crippen molar-refractivity contribution in [2.24, 2.45) is 10.9 Å². The molecular formula is C16H20N4OS. The Hall–Kier alpha value is -2.00. The van der Waals surface area contributed by atoms with Crippen LogP contribution in [0, 0.1) is 24.3 Å². The summed E-state index contributed by atoms with van der Waals surface area (Å²) >= 11 is 1.36. The maximum Gasteiger partial charge on any atom is 0.227 e. The smallest absolute Gasteiger partial charge is 0.227 e. The van der Waals surface area contributed by atoms with Crippen molar-refractivity contribution in [1.29, 1.82) is 5.26 Å². The fraction of sp³-hybridized carbons (Fsp3) is 0.438. The number of thioether (sulfide) groups is 1. The van der Waals surface area contributed by atoms with Crippen LogP contribution in [0.2, 0.25) is 0 Å². The van der Waals surface area contributed by atoms with E-state index in [1.165, 1.54) is 11.8 Å². The van der Waals surface area contributed by atoms with Gasteiger partial charge in [0.25, 0.3) is 0 Å². The molecule has 2 N–H and O–H groups in total. The van der Waals surface area contributed by atoms with E-state index in [1.807, 2.05) is 37.6 Å². The molecule has 0 unspecified atom stereocenters. The van der Waals surface area contributed by atoms with E-state index in [0.29, 0.717) is 10.9 Å². The van der Waals surface area contributed by atoms with Crippen LogP contribution in [0.4, 0.5) is 11.4 Å². The molecule has 0 saturated heterocycles. The molecular weight excluding hydrogens is 296 g/mol. The van der Waals surface area contributed by atoms with Gasteiger partial charge in [-0.25, -0.2) is 4.99 Å². The zero-order valence-corrected chi connectivity index (χ0v) is 13.7. The van der Waals surface area contributed by atoms with Crippen LogP contribution in [-0.2, 0) is 4.79 Å². The summed E-state index contributed by atoms with van der Waals surface area (Å²) in [5.74, 6) is 0.232. The fourth-order valence-electron chi connectivity index (χ4n) is 2.53. The summed E-state index contributed by atoms with van der Waals surface area (Å²) in [7, 11) is 0. The van der Waals surface area contributed by atoms with E-state index in [1.54, 1.807) is 0 Å². The number of carbonyl (C=O) groups is 1. The van der Waals surface area contributed by atoms with Crippen LogP contribution >= 0.6 is 11.8 Å². The first-order valence-corrected chi connectivity index (χ1v) is 8.56. The number of nitriles is 1. The number of aliphatic imine (C=N–C) groups is 1. The molecule has 1 aliphatic carbocycles. The highest BCUT2D eigenvalue weighted by atomic mass is 32.2. The summed E-state index contributed by atoms with van der Waals surface area (Å²) in [6.45, 7) is 1.96. The minimum absolute atomic E-state index is 0.0990. The van der Waals surface area contributed by atoms with Crippen molar-refractivity contribution in [3.8, 4) is 6.19 Å². The lowest BCUT2D eigenvalue weighted by molar-refractivity contribution is -0.119. The number of amidine groups is 1. The van der Waals surface area contributed by atoms with E-state index < -0.39 is 0 Å². The van der Waals surface area contributed by atoms with Crippen LogP contribution in [0.1, 0.15) is 31.2 Å². The summed E-state index contributed by atoms with van der Waals surface area (Å²) in [6.07, 6.45) is 7.94. The van der Waals surface area contributed by atoms with Gasteiger partial charge in [0.05, 0.1) is 5.69 Å². The Morgan fingerprint density at radius 2 is 2.14 bits per heavy atom. The standard InChI is InChI=1S/C16H20N4OS/c1-11-7-8-13(19-16(22-2)18-10-17)9-14(11)20-15(21)12-5-3-4-6-12/h7-9,12H,3-6H2,1-2H3,(H,18,19)(H,20,21). The van der Waals surface area contributed by atoms with Crippen LogP contribution in [0.25, 0.3) is 0 Å². The third-order valence-electron chi connectivity index (χ3n) is 3.79. The second kappa shape index (κ2) is 7.85. The maximum absolute atomic E-state index is 12.3. The first kappa shape index (κ1) is 16.4. The number of benzene rings is 1. The van der Waals surface area contributed by atoms with E-state index in [-0.39, 0.29) is 11.8 Å². The van der Waals surface area contributed by atoms with Gasteiger partial charge in [0.15, 0.2) is 11.4 Å². The van der Waals surface area contributed by atoms with Gasteiger partial charge < -0.3 is 5.32 Å². The highest BCUT2D eigenvalue weighted by Gasteiger charge is 2.22. The molecule has 116 valence electrons. The Bertz CT molecular complexity index is 615. The molecule has 22 heavy (non-hydrogen) atoms. The predicted molar refractivity (Wildman–Crippen MR) is 91.1 cm³/mol. The van der Waals surface area contributed by atoms with Crippen molar-refractivity contribution in [2.45, 2.75) is 32.6 Å². The molecule has 1 amide bonds. The lowest BCUT2D eigenvalue weighted by Crippen LogP contribution is -2.20. The van der Waals surface area contributed by atoms with E-state index >= 15 is 0 Å². The molecule has 1 fully saturated rings. The quantitative estimate of drug-likeness (QED) is 0.387. The molecule has 0 radical (unpaired) electrons. The van der Waals surface area contributed by atoms with Crippen molar-refractivity contribution >= 4 is 34.2 Å². The number of nitrogens with zero attached hydrogens (tertiary/aromatic N) is 2. The number of rotatable bonds is 3. The minimum atomic E-state index is 0.0990. The zero-order chi connectivity index (χ0) is 15.9. The highest BCUT2D eigenvalue weighted by molar-refractivity contribution is 8.13. The number of hydrogen-bond acceptors (Lipinski definition) is 4. The number of carbonyl (C=O) groups excluding carboxylic acids is 1. The molecule has 6 heteroatoms. The van der Waals surface area contributed by atoms with E-state index in [9.17, 15) is 4.79 Å². The van der Waals surface area contributed by atoms with Gasteiger partial charge in [0.1, 0.15) is 0 Å². The van der Waals surface area contributed by atoms with Gasteiger partial charge in [-0.3, -0.25) is 10.1 Å². The first-order valence-electron chi connectivity index (χ1n) is 7.33. The van der Waals surface area contributed by atoms with Crippen LogP contribution in [0.5, 0.6) is 0 Å². The molecule has 0 bridgehead atoms. The van der Waals surface area contributed by atoms with Gasteiger partial charge in [0.2, 0.25) is 5.91 Å². The predicted octanol–water partition coefficient (Wildman–Crippen LogP) is 3.54. The second-order valence-corrected chi connectivity index (χ2v) is 6.12. The molecule has 0 spiro atoms. The second-order valence-electron chi connectivity index (χ2n) is 5.33. The molecule has 0 heterocycles. The Morgan fingerprint density at radius 3 is 2.77 bits per heavy atom. The molecule has 0 aliphatic heterocycles. The van der Waals surface area contributed by atoms with Gasteiger partial charge in [-0.15, -0.1) is 0 Å². The minimum Gasteiger partial charge on any atom is -0.326 e. The zero-order valence-electron chi connectivity index (χ0n) is 12.8. The van der Waals surface area contributed by atoms with Gasteiger partial charge >= 0.3 is 0 Å². The molecule has 2 rings (SSSR count). The van der Waals surface area contributed by atoms with Gasteiger partial charge in [0, 0.05) is 11.6 Å². The topological polar surface area (TPSA) is 77.3 Å². The number of aryl methyl sites for hydroxylation is 1. The normalized spacial score (nSPS) is 15.4. The van der Waals surface area contributed by atoms with E-state index in [2.05, 4.69) is 15.6 Å². The third-order valence-corrected chi connectivity index (χ3v) is 4.37. The van der Waals surface area contributed by atoms with Gasteiger partial charge in [-0.05, 0) is 43.7 Å². The van der Waals surface area contributed by atoms with E-state index in [0.717, 1.165) is 36.9 Å². The summed E-state index contributed by atoms with van der Waals surface area (Å²) < 4.78 is 0. The first-order chi connectivity index (χ1) is 10.6. The lowest BCUT2D eigenvalue weighted by Gasteiger charge is -2.13. The molecule has 0 atom stereocenters. The number of amides is 1. The number of hydrogen-bond donors (Lipinski definition) is 2. The molecule has 1 aromatic carbocycles. The van der Waals surface area contributed by atoms with Crippen molar-refractivity contribution in [3.63, 3.8) is 0 Å². The maximum atomic E-state index is 12.3. The van der Waals surface area contributed by atoms with Crippen molar-refractivity contribution in [3.05, 3.63) is 23.8 Å². The fourth-order valence-corrected chi connectivity index (χ4v) is 2.87. The third kappa shape index (κ3) is 4.25. The lowest BCUT2D eigenvalue weighted by atomic mass is 10.1. The average molecular weight is 316 g/mol. The van der Waals surface area contributed by atoms with Crippen LogP contribution < -0.4 is 10.6 Å². The van der Waals surface area contributed by atoms with Gasteiger partial charge in [-0.2, -0.15) is 5.26 Å².